The van der Waals surface area contributed by atoms with Crippen LogP contribution in [0.5, 0.6) is 0 Å². The van der Waals surface area contributed by atoms with Gasteiger partial charge in [-0.1, -0.05) is 6.42 Å². The fraction of sp³-hybridized carbons (Fsp3) is 0.480. The van der Waals surface area contributed by atoms with Crippen LogP contribution in [0.4, 0.5) is 11.5 Å². The van der Waals surface area contributed by atoms with Gasteiger partial charge in [0, 0.05) is 25.0 Å². The van der Waals surface area contributed by atoms with Crippen LogP contribution >= 0.6 is 0 Å². The van der Waals surface area contributed by atoms with E-state index in [2.05, 4.69) is 16.4 Å². The van der Waals surface area contributed by atoms with Crippen molar-refractivity contribution in [1.29, 1.82) is 5.26 Å². The quantitative estimate of drug-likeness (QED) is 0.517. The van der Waals surface area contributed by atoms with Crippen LogP contribution in [0, 0.1) is 29.6 Å². The SMILES string of the molecule is Cc1cc(Nc2nn(C(CC#N)C3CC3)c3cc[nH]c(=O)c23)ccc1S(=O)(=O)N1CC2(CCC2)C1. The Morgan fingerprint density at radius 3 is 2.69 bits per heavy atom. The lowest BCUT2D eigenvalue weighted by Crippen LogP contribution is -2.61. The zero-order chi connectivity index (χ0) is 24.4. The van der Waals surface area contributed by atoms with Crippen LogP contribution in [-0.2, 0) is 10.0 Å². The number of aromatic nitrogens is 3. The molecule has 2 N–H and O–H groups in total. The van der Waals surface area contributed by atoms with E-state index >= 15 is 0 Å². The number of pyridine rings is 1. The van der Waals surface area contributed by atoms with E-state index in [1.54, 1.807) is 40.3 Å². The molecule has 182 valence electrons. The lowest BCUT2D eigenvalue weighted by molar-refractivity contribution is -0.00796. The highest BCUT2D eigenvalue weighted by Gasteiger charge is 2.51. The van der Waals surface area contributed by atoms with Crippen molar-refractivity contribution in [1.82, 2.24) is 19.1 Å². The van der Waals surface area contributed by atoms with E-state index in [4.69, 9.17) is 5.10 Å². The van der Waals surface area contributed by atoms with Crippen molar-refractivity contribution in [3.05, 3.63) is 46.4 Å². The molecule has 2 aliphatic carbocycles. The maximum Gasteiger partial charge on any atom is 0.261 e. The fourth-order valence-corrected chi connectivity index (χ4v) is 7.50. The van der Waals surface area contributed by atoms with Crippen molar-refractivity contribution in [3.63, 3.8) is 0 Å². The molecule has 3 heterocycles. The molecule has 0 bridgehead atoms. The summed E-state index contributed by atoms with van der Waals surface area (Å²) in [5.74, 6) is 0.785. The Hall–Kier alpha value is -3.16. The number of rotatable bonds is 7. The molecule has 6 rings (SSSR count). The van der Waals surface area contributed by atoms with Gasteiger partial charge in [-0.05, 0) is 73.8 Å². The molecule has 3 fully saturated rings. The average Bonchev–Trinajstić information content (AvgIpc) is 3.52. The molecule has 3 aliphatic rings. The van der Waals surface area contributed by atoms with Crippen molar-refractivity contribution < 1.29 is 8.42 Å². The minimum absolute atomic E-state index is 0.0791. The van der Waals surface area contributed by atoms with Gasteiger partial charge < -0.3 is 10.3 Å². The largest absolute Gasteiger partial charge is 0.338 e. The van der Waals surface area contributed by atoms with E-state index in [1.807, 2.05) is 6.07 Å². The van der Waals surface area contributed by atoms with Crippen molar-refractivity contribution in [2.24, 2.45) is 11.3 Å². The van der Waals surface area contributed by atoms with Crippen LogP contribution < -0.4 is 10.9 Å². The second-order valence-electron chi connectivity index (χ2n) is 10.4. The Bertz CT molecular complexity index is 1520. The number of aromatic amines is 1. The summed E-state index contributed by atoms with van der Waals surface area (Å²) in [7, 11) is -3.53. The number of H-pyrrole nitrogens is 1. The standard InChI is InChI=1S/C25H28N6O3S/c1-16-13-18(5-6-21(16)35(33,34)30-14-25(15-30)9-2-10-25)28-23-22-20(8-12-27-24(22)32)31(29-23)19(7-11-26)17-3-4-17/h5-6,8,12-13,17,19H,2-4,7,9-10,14-15H2,1H3,(H,27,32)(H,28,29). The molecule has 3 aromatic rings. The van der Waals surface area contributed by atoms with E-state index in [9.17, 15) is 18.5 Å². The van der Waals surface area contributed by atoms with E-state index in [-0.39, 0.29) is 17.0 Å². The van der Waals surface area contributed by atoms with Crippen molar-refractivity contribution in [2.75, 3.05) is 18.4 Å². The monoisotopic (exact) mass is 492 g/mol. The van der Waals surface area contributed by atoms with Crippen LogP contribution in [0.1, 0.15) is 50.1 Å². The van der Waals surface area contributed by atoms with Gasteiger partial charge in [0.05, 0.1) is 28.9 Å². The zero-order valence-corrected chi connectivity index (χ0v) is 20.4. The highest BCUT2D eigenvalue weighted by Crippen LogP contribution is 2.50. The highest BCUT2D eigenvalue weighted by molar-refractivity contribution is 7.89. The van der Waals surface area contributed by atoms with E-state index in [0.717, 1.165) is 25.7 Å². The summed E-state index contributed by atoms with van der Waals surface area (Å²) in [5.41, 5.74) is 1.93. The number of anilines is 2. The third-order valence-electron chi connectivity index (χ3n) is 7.90. The van der Waals surface area contributed by atoms with Gasteiger partial charge in [-0.25, -0.2) is 8.42 Å². The Balaban J connectivity index is 1.31. The van der Waals surface area contributed by atoms with Gasteiger partial charge in [0.2, 0.25) is 10.0 Å². The van der Waals surface area contributed by atoms with Gasteiger partial charge in [-0.3, -0.25) is 9.48 Å². The molecule has 35 heavy (non-hydrogen) atoms. The first-order valence-electron chi connectivity index (χ1n) is 12.2. The first kappa shape index (κ1) is 22.3. The molecule has 2 saturated carbocycles. The van der Waals surface area contributed by atoms with Crippen LogP contribution in [0.3, 0.4) is 0 Å². The van der Waals surface area contributed by atoms with Gasteiger partial charge in [-0.15, -0.1) is 0 Å². The van der Waals surface area contributed by atoms with Crippen molar-refractivity contribution in [2.45, 2.75) is 56.4 Å². The van der Waals surface area contributed by atoms with E-state index < -0.39 is 10.0 Å². The summed E-state index contributed by atoms with van der Waals surface area (Å²) in [5, 5.41) is 17.7. The molecular weight excluding hydrogens is 464 g/mol. The summed E-state index contributed by atoms with van der Waals surface area (Å²) in [6.45, 7) is 3.02. The van der Waals surface area contributed by atoms with Crippen LogP contribution in [0.2, 0.25) is 0 Å². The Morgan fingerprint density at radius 1 is 1.29 bits per heavy atom. The molecule has 10 heteroatoms. The van der Waals surface area contributed by atoms with Crippen molar-refractivity contribution in [3.8, 4) is 6.07 Å². The summed E-state index contributed by atoms with van der Waals surface area (Å²) in [6.07, 6.45) is 7.46. The molecule has 1 spiro atoms. The number of benzene rings is 1. The Labute approximate surface area is 203 Å². The highest BCUT2D eigenvalue weighted by atomic mass is 32.2. The van der Waals surface area contributed by atoms with E-state index in [0.29, 0.717) is 58.3 Å². The molecular formula is C25H28N6O3S. The number of nitrogens with zero attached hydrogens (tertiary/aromatic N) is 4. The molecule has 0 radical (unpaired) electrons. The number of nitriles is 1. The average molecular weight is 493 g/mol. The lowest BCUT2D eigenvalue weighted by Gasteiger charge is -2.55. The minimum Gasteiger partial charge on any atom is -0.338 e. The fourth-order valence-electron chi connectivity index (χ4n) is 5.62. The van der Waals surface area contributed by atoms with E-state index in [1.165, 1.54) is 6.42 Å². The lowest BCUT2D eigenvalue weighted by atomic mass is 9.65. The summed E-state index contributed by atoms with van der Waals surface area (Å²) in [4.78, 5) is 15.7. The number of nitrogens with one attached hydrogen (secondary N) is 2. The molecule has 0 amide bonds. The molecule has 2 aromatic heterocycles. The smallest absolute Gasteiger partial charge is 0.261 e. The topological polar surface area (TPSA) is 124 Å². The molecule has 1 atom stereocenters. The first-order chi connectivity index (χ1) is 16.8. The predicted molar refractivity (Wildman–Crippen MR) is 132 cm³/mol. The number of fused-ring (bicyclic) bond motifs is 1. The van der Waals surface area contributed by atoms with Gasteiger partial charge >= 0.3 is 0 Å². The third-order valence-corrected chi connectivity index (χ3v) is 9.86. The summed E-state index contributed by atoms with van der Waals surface area (Å²) in [6, 6.07) is 9.11. The van der Waals surface area contributed by atoms with Gasteiger partial charge in [0.15, 0.2) is 5.82 Å². The maximum atomic E-state index is 13.2. The number of sulfonamides is 1. The number of hydrogen-bond acceptors (Lipinski definition) is 6. The molecule has 1 saturated heterocycles. The van der Waals surface area contributed by atoms with Gasteiger partial charge in [0.25, 0.3) is 5.56 Å². The van der Waals surface area contributed by atoms with Crippen LogP contribution in [-0.4, -0.2) is 40.6 Å². The van der Waals surface area contributed by atoms with Gasteiger partial charge in [0.1, 0.15) is 5.39 Å². The normalized spacial score (nSPS) is 20.2. The van der Waals surface area contributed by atoms with Gasteiger partial charge in [-0.2, -0.15) is 14.7 Å². The number of aryl methyl sites for hydroxylation is 1. The number of hydrogen-bond donors (Lipinski definition) is 2. The maximum absolute atomic E-state index is 13.2. The van der Waals surface area contributed by atoms with Crippen LogP contribution in [0.25, 0.3) is 10.9 Å². The van der Waals surface area contributed by atoms with Crippen LogP contribution in [0.15, 0.2) is 40.2 Å². The molecule has 1 aliphatic heterocycles. The second-order valence-corrected chi connectivity index (χ2v) is 12.3. The zero-order valence-electron chi connectivity index (χ0n) is 19.6. The first-order valence-corrected chi connectivity index (χ1v) is 13.6. The third kappa shape index (κ3) is 3.65. The summed E-state index contributed by atoms with van der Waals surface area (Å²) >= 11 is 0. The van der Waals surface area contributed by atoms with Crippen molar-refractivity contribution >= 4 is 32.4 Å². The Morgan fingerprint density at radius 2 is 2.06 bits per heavy atom. The molecule has 9 nitrogen and oxygen atoms in total. The predicted octanol–water partition coefficient (Wildman–Crippen LogP) is 3.82. The summed E-state index contributed by atoms with van der Waals surface area (Å²) < 4.78 is 29.8. The Kier molecular flexibility index (Phi) is 5.06. The molecule has 1 unspecified atom stereocenters. The minimum atomic E-state index is -3.53. The second kappa shape index (κ2) is 7.93. The molecule has 1 aromatic carbocycles.